The van der Waals surface area contributed by atoms with Crippen LogP contribution in [0.5, 0.6) is 11.5 Å². The minimum absolute atomic E-state index is 0.127. The monoisotopic (exact) mass is 400 g/mol. The van der Waals surface area contributed by atoms with E-state index in [1.807, 2.05) is 6.07 Å². The lowest BCUT2D eigenvalue weighted by atomic mass is 10.2. The molecule has 1 amide bonds. The maximum atomic E-state index is 12.7. The Bertz CT molecular complexity index is 925. The van der Waals surface area contributed by atoms with Crippen LogP contribution in [0.3, 0.4) is 0 Å². The first-order valence-electron chi connectivity index (χ1n) is 8.58. The normalized spacial score (nSPS) is 12.0. The van der Waals surface area contributed by atoms with Crippen molar-refractivity contribution >= 4 is 29.2 Å². The molecule has 0 radical (unpaired) electrons. The summed E-state index contributed by atoms with van der Waals surface area (Å²) < 4.78 is 16.1. The van der Waals surface area contributed by atoms with Crippen LogP contribution in [-0.2, 0) is 9.53 Å². The van der Waals surface area contributed by atoms with Gasteiger partial charge in [0.2, 0.25) is 0 Å². The molecule has 144 valence electrons. The molecule has 0 unspecified atom stereocenters. The van der Waals surface area contributed by atoms with Crippen LogP contribution < -0.4 is 14.4 Å². The number of benzene rings is 2. The Morgan fingerprint density at radius 1 is 1.14 bits per heavy atom. The van der Waals surface area contributed by atoms with Gasteiger partial charge in [0.25, 0.3) is 5.91 Å². The third-order valence-electron chi connectivity index (χ3n) is 3.97. The molecule has 28 heavy (non-hydrogen) atoms. The summed E-state index contributed by atoms with van der Waals surface area (Å²) in [6.45, 7) is 0.567. The van der Waals surface area contributed by atoms with Gasteiger partial charge in [0.15, 0.2) is 18.1 Å². The summed E-state index contributed by atoms with van der Waals surface area (Å²) in [6, 6.07) is 13.3. The van der Waals surface area contributed by atoms with Crippen molar-refractivity contribution in [2.24, 2.45) is 0 Å². The van der Waals surface area contributed by atoms with Crippen molar-refractivity contribution in [1.29, 1.82) is 5.26 Å². The van der Waals surface area contributed by atoms with Crippen molar-refractivity contribution in [3.8, 4) is 17.6 Å². The molecule has 2 aromatic carbocycles. The molecule has 0 aromatic heterocycles. The van der Waals surface area contributed by atoms with Gasteiger partial charge in [-0.2, -0.15) is 5.26 Å². The molecule has 8 heteroatoms. The summed E-state index contributed by atoms with van der Waals surface area (Å²) in [6.07, 6.45) is 0.127. The Kier molecular flexibility index (Phi) is 6.35. The van der Waals surface area contributed by atoms with Gasteiger partial charge in [-0.05, 0) is 30.3 Å². The highest BCUT2D eigenvalue weighted by Crippen LogP contribution is 2.34. The first kappa shape index (κ1) is 19.5. The zero-order valence-corrected chi connectivity index (χ0v) is 15.6. The SMILES string of the molecule is N#CCCN(C(=O)COC(=O)c1cccc(Cl)c1)c1ccc2c(c1)OCCO2. The number of ether oxygens (including phenoxy) is 3. The Labute approximate surface area is 167 Å². The van der Waals surface area contributed by atoms with Crippen LogP contribution in [0.2, 0.25) is 5.02 Å². The van der Waals surface area contributed by atoms with Gasteiger partial charge in [0, 0.05) is 23.3 Å². The molecule has 0 saturated carbocycles. The number of esters is 1. The molecule has 3 rings (SSSR count). The largest absolute Gasteiger partial charge is 0.486 e. The number of carbonyl (C=O) groups excluding carboxylic acids is 2. The summed E-state index contributed by atoms with van der Waals surface area (Å²) in [5, 5.41) is 9.29. The van der Waals surface area contributed by atoms with E-state index in [0.29, 0.717) is 35.4 Å². The number of nitriles is 1. The van der Waals surface area contributed by atoms with Crippen molar-refractivity contribution in [3.05, 3.63) is 53.1 Å². The zero-order chi connectivity index (χ0) is 19.9. The van der Waals surface area contributed by atoms with Crippen LogP contribution in [0.4, 0.5) is 5.69 Å². The topological polar surface area (TPSA) is 88.9 Å². The van der Waals surface area contributed by atoms with Crippen molar-refractivity contribution in [1.82, 2.24) is 0 Å². The fourth-order valence-electron chi connectivity index (χ4n) is 2.66. The molecule has 1 heterocycles. The molecule has 0 atom stereocenters. The quantitative estimate of drug-likeness (QED) is 0.692. The summed E-state index contributed by atoms with van der Waals surface area (Å²) in [7, 11) is 0. The van der Waals surface area contributed by atoms with Gasteiger partial charge in [-0.3, -0.25) is 4.79 Å². The second-order valence-electron chi connectivity index (χ2n) is 5.87. The molecule has 0 fully saturated rings. The van der Waals surface area contributed by atoms with Gasteiger partial charge in [-0.1, -0.05) is 17.7 Å². The second-order valence-corrected chi connectivity index (χ2v) is 6.30. The molecule has 7 nitrogen and oxygen atoms in total. The van der Waals surface area contributed by atoms with Crippen molar-refractivity contribution in [3.63, 3.8) is 0 Å². The molecule has 0 bridgehead atoms. The van der Waals surface area contributed by atoms with Gasteiger partial charge < -0.3 is 19.1 Å². The molecule has 2 aromatic rings. The maximum Gasteiger partial charge on any atom is 0.338 e. The standard InChI is InChI=1S/C20H17ClN2O5/c21-15-4-1-3-14(11-15)20(25)28-13-19(24)23(8-2-7-22)16-5-6-17-18(12-16)27-10-9-26-17/h1,3-6,11-12H,2,8-10,13H2. The van der Waals surface area contributed by atoms with E-state index in [2.05, 4.69) is 0 Å². The predicted octanol–water partition coefficient (Wildman–Crippen LogP) is 3.21. The lowest BCUT2D eigenvalue weighted by molar-refractivity contribution is -0.121. The number of nitrogens with zero attached hydrogens (tertiary/aromatic N) is 2. The molecule has 1 aliphatic heterocycles. The minimum atomic E-state index is -0.654. The molecule has 0 saturated heterocycles. The minimum Gasteiger partial charge on any atom is -0.486 e. The van der Waals surface area contributed by atoms with Crippen LogP contribution in [0.1, 0.15) is 16.8 Å². The van der Waals surface area contributed by atoms with E-state index in [1.54, 1.807) is 36.4 Å². The zero-order valence-electron chi connectivity index (χ0n) is 14.9. The number of fused-ring (bicyclic) bond motifs is 1. The van der Waals surface area contributed by atoms with E-state index < -0.39 is 18.5 Å². The van der Waals surface area contributed by atoms with Crippen LogP contribution in [0.15, 0.2) is 42.5 Å². The Balaban J connectivity index is 1.71. The van der Waals surface area contributed by atoms with Crippen molar-refractivity contribution in [2.75, 3.05) is 31.3 Å². The van der Waals surface area contributed by atoms with E-state index in [1.165, 1.54) is 11.0 Å². The van der Waals surface area contributed by atoms with Crippen LogP contribution in [0, 0.1) is 11.3 Å². The fourth-order valence-corrected chi connectivity index (χ4v) is 2.85. The fraction of sp³-hybridized carbons (Fsp3) is 0.250. The summed E-state index contributed by atoms with van der Waals surface area (Å²) in [5.41, 5.74) is 0.784. The lowest BCUT2D eigenvalue weighted by Crippen LogP contribution is -2.35. The first-order chi connectivity index (χ1) is 13.6. The molecule has 0 N–H and O–H groups in total. The second kappa shape index (κ2) is 9.11. The Hall–Kier alpha value is -3.24. The smallest absolute Gasteiger partial charge is 0.338 e. The van der Waals surface area contributed by atoms with Crippen molar-refractivity contribution < 1.29 is 23.8 Å². The molecule has 0 aliphatic carbocycles. The molecule has 0 spiro atoms. The number of halogens is 1. The number of carbonyl (C=O) groups is 2. The van der Waals surface area contributed by atoms with E-state index in [-0.39, 0.29) is 18.5 Å². The highest BCUT2D eigenvalue weighted by molar-refractivity contribution is 6.30. The number of amides is 1. The number of anilines is 1. The van der Waals surface area contributed by atoms with E-state index >= 15 is 0 Å². The number of hydrogen-bond donors (Lipinski definition) is 0. The molecule has 1 aliphatic rings. The van der Waals surface area contributed by atoms with Gasteiger partial charge in [-0.15, -0.1) is 0 Å². The summed E-state index contributed by atoms with van der Waals surface area (Å²) in [5.74, 6) is 0.00468. The Morgan fingerprint density at radius 3 is 2.68 bits per heavy atom. The third kappa shape index (κ3) is 4.72. The third-order valence-corrected chi connectivity index (χ3v) is 4.21. The van der Waals surface area contributed by atoms with E-state index in [0.717, 1.165) is 0 Å². The average molecular weight is 401 g/mol. The van der Waals surface area contributed by atoms with Gasteiger partial charge in [0.1, 0.15) is 13.2 Å². The molecular formula is C20H17ClN2O5. The van der Waals surface area contributed by atoms with Crippen molar-refractivity contribution in [2.45, 2.75) is 6.42 Å². The van der Waals surface area contributed by atoms with E-state index in [9.17, 15) is 9.59 Å². The van der Waals surface area contributed by atoms with Gasteiger partial charge >= 0.3 is 5.97 Å². The maximum absolute atomic E-state index is 12.7. The number of hydrogen-bond acceptors (Lipinski definition) is 6. The average Bonchev–Trinajstić information content (AvgIpc) is 2.72. The number of rotatable bonds is 6. The van der Waals surface area contributed by atoms with Crippen LogP contribution in [0.25, 0.3) is 0 Å². The Morgan fingerprint density at radius 2 is 1.93 bits per heavy atom. The highest BCUT2D eigenvalue weighted by atomic mass is 35.5. The predicted molar refractivity (Wildman–Crippen MR) is 102 cm³/mol. The highest BCUT2D eigenvalue weighted by Gasteiger charge is 2.21. The molecular weight excluding hydrogens is 384 g/mol. The van der Waals surface area contributed by atoms with Crippen LogP contribution >= 0.6 is 11.6 Å². The first-order valence-corrected chi connectivity index (χ1v) is 8.96. The van der Waals surface area contributed by atoms with Gasteiger partial charge in [0.05, 0.1) is 18.1 Å². The summed E-state index contributed by atoms with van der Waals surface area (Å²) >= 11 is 5.86. The van der Waals surface area contributed by atoms with Crippen LogP contribution in [-0.4, -0.2) is 38.2 Å². The van der Waals surface area contributed by atoms with E-state index in [4.69, 9.17) is 31.1 Å². The lowest BCUT2D eigenvalue weighted by Gasteiger charge is -2.24. The van der Waals surface area contributed by atoms with Gasteiger partial charge in [-0.25, -0.2) is 4.79 Å². The summed E-state index contributed by atoms with van der Waals surface area (Å²) in [4.78, 5) is 26.2.